The fourth-order valence-electron chi connectivity index (χ4n) is 1.38. The van der Waals surface area contributed by atoms with Gasteiger partial charge in [0.25, 0.3) is 5.91 Å². The van der Waals surface area contributed by atoms with E-state index >= 15 is 0 Å². The van der Waals surface area contributed by atoms with Gasteiger partial charge in [0.1, 0.15) is 0 Å². The first-order valence-corrected chi connectivity index (χ1v) is 5.08. The summed E-state index contributed by atoms with van der Waals surface area (Å²) in [6.07, 6.45) is 2.14. The van der Waals surface area contributed by atoms with Crippen LogP contribution in [0.2, 0.25) is 0 Å². The largest absolute Gasteiger partial charge is 0.349 e. The number of amides is 1. The zero-order valence-electron chi connectivity index (χ0n) is 8.62. The van der Waals surface area contributed by atoms with Crippen molar-refractivity contribution >= 4 is 11.7 Å². The van der Waals surface area contributed by atoms with Gasteiger partial charge < -0.3 is 5.32 Å². The van der Waals surface area contributed by atoms with Gasteiger partial charge in [0, 0.05) is 17.2 Å². The van der Waals surface area contributed by atoms with Crippen molar-refractivity contribution in [3.05, 3.63) is 35.4 Å². The molecular formula is C12H13NO2. The Kier molecular flexibility index (Phi) is 2.54. The molecule has 1 saturated carbocycles. The lowest BCUT2D eigenvalue weighted by molar-refractivity contribution is 0.0951. The first-order chi connectivity index (χ1) is 7.16. The summed E-state index contributed by atoms with van der Waals surface area (Å²) >= 11 is 0. The Morgan fingerprint density at radius 3 is 2.53 bits per heavy atom. The fraction of sp³-hybridized carbons (Fsp3) is 0.333. The molecule has 0 aromatic heterocycles. The molecule has 1 aromatic rings. The van der Waals surface area contributed by atoms with Crippen molar-refractivity contribution in [1.29, 1.82) is 0 Å². The highest BCUT2D eigenvalue weighted by atomic mass is 16.1. The highest BCUT2D eigenvalue weighted by molar-refractivity contribution is 5.99. The Bertz CT molecular complexity index is 408. The molecule has 0 atom stereocenters. The van der Waals surface area contributed by atoms with E-state index in [2.05, 4.69) is 5.32 Å². The van der Waals surface area contributed by atoms with Crippen LogP contribution in [0.3, 0.4) is 0 Å². The minimum Gasteiger partial charge on any atom is -0.349 e. The van der Waals surface area contributed by atoms with E-state index in [1.165, 1.54) is 6.92 Å². The molecule has 3 heteroatoms. The average molecular weight is 203 g/mol. The summed E-state index contributed by atoms with van der Waals surface area (Å²) in [6.45, 7) is 1.50. The molecule has 1 aliphatic carbocycles. The summed E-state index contributed by atoms with van der Waals surface area (Å²) in [4.78, 5) is 22.8. The van der Waals surface area contributed by atoms with Crippen LogP contribution in [0.15, 0.2) is 24.3 Å². The van der Waals surface area contributed by atoms with Crippen molar-refractivity contribution < 1.29 is 9.59 Å². The topological polar surface area (TPSA) is 46.2 Å². The van der Waals surface area contributed by atoms with Crippen LogP contribution in [0.4, 0.5) is 0 Å². The number of Topliss-reactive ketones (excluding diaryl/α,β-unsaturated/α-hetero) is 1. The van der Waals surface area contributed by atoms with Crippen LogP contribution in [0.25, 0.3) is 0 Å². The maximum absolute atomic E-state index is 11.6. The molecule has 0 aliphatic heterocycles. The number of carbonyl (C=O) groups is 2. The second kappa shape index (κ2) is 3.85. The Morgan fingerprint density at radius 1 is 1.27 bits per heavy atom. The Labute approximate surface area is 88.5 Å². The van der Waals surface area contributed by atoms with Gasteiger partial charge in [0.15, 0.2) is 5.78 Å². The number of carbonyl (C=O) groups excluding carboxylic acids is 2. The number of benzene rings is 1. The van der Waals surface area contributed by atoms with Crippen molar-refractivity contribution in [2.24, 2.45) is 0 Å². The molecule has 2 rings (SSSR count). The van der Waals surface area contributed by atoms with Crippen molar-refractivity contribution in [3.63, 3.8) is 0 Å². The molecule has 1 aliphatic rings. The van der Waals surface area contributed by atoms with Gasteiger partial charge in [-0.25, -0.2) is 0 Å². The summed E-state index contributed by atoms with van der Waals surface area (Å²) < 4.78 is 0. The Morgan fingerprint density at radius 2 is 1.93 bits per heavy atom. The van der Waals surface area contributed by atoms with Crippen LogP contribution in [0.1, 0.15) is 40.5 Å². The maximum Gasteiger partial charge on any atom is 0.251 e. The van der Waals surface area contributed by atoms with Crippen LogP contribution in [0.5, 0.6) is 0 Å². The minimum absolute atomic E-state index is 0.0175. The lowest BCUT2D eigenvalue weighted by atomic mass is 10.1. The summed E-state index contributed by atoms with van der Waals surface area (Å²) in [6, 6.07) is 7.16. The predicted octanol–water partition coefficient (Wildman–Crippen LogP) is 1.78. The molecular weight excluding hydrogens is 190 g/mol. The summed E-state index contributed by atoms with van der Waals surface area (Å²) in [5, 5.41) is 2.89. The number of nitrogens with one attached hydrogen (secondary N) is 1. The summed E-state index contributed by atoms with van der Waals surface area (Å²) in [5.41, 5.74) is 1.15. The minimum atomic E-state index is -0.0828. The third kappa shape index (κ3) is 2.43. The van der Waals surface area contributed by atoms with E-state index in [4.69, 9.17) is 0 Å². The van der Waals surface area contributed by atoms with Crippen molar-refractivity contribution in [3.8, 4) is 0 Å². The molecule has 1 fully saturated rings. The Hall–Kier alpha value is -1.64. The zero-order valence-corrected chi connectivity index (χ0v) is 8.62. The van der Waals surface area contributed by atoms with E-state index in [1.54, 1.807) is 24.3 Å². The van der Waals surface area contributed by atoms with Gasteiger partial charge in [-0.1, -0.05) is 12.1 Å². The molecule has 15 heavy (non-hydrogen) atoms. The quantitative estimate of drug-likeness (QED) is 0.761. The number of rotatable bonds is 3. The highest BCUT2D eigenvalue weighted by Crippen LogP contribution is 2.19. The normalized spacial score (nSPS) is 14.7. The third-order valence-corrected chi connectivity index (χ3v) is 2.44. The summed E-state index contributed by atoms with van der Waals surface area (Å²) in [7, 11) is 0. The molecule has 0 spiro atoms. The van der Waals surface area contributed by atoms with E-state index in [0.717, 1.165) is 12.8 Å². The monoisotopic (exact) mass is 203 g/mol. The van der Waals surface area contributed by atoms with Crippen LogP contribution in [0, 0.1) is 0 Å². The lowest BCUT2D eigenvalue weighted by Crippen LogP contribution is -2.25. The lowest BCUT2D eigenvalue weighted by Gasteiger charge is -2.04. The smallest absolute Gasteiger partial charge is 0.251 e. The second-order valence-electron chi connectivity index (χ2n) is 3.88. The first-order valence-electron chi connectivity index (χ1n) is 5.08. The molecule has 78 valence electrons. The zero-order chi connectivity index (χ0) is 10.8. The Balaban J connectivity index is 2.15. The second-order valence-corrected chi connectivity index (χ2v) is 3.88. The van der Waals surface area contributed by atoms with Crippen molar-refractivity contribution in [1.82, 2.24) is 5.32 Å². The standard InChI is InChI=1S/C12H13NO2/c1-8(14)9-3-2-4-10(7-9)12(15)13-11-5-6-11/h2-4,7,11H,5-6H2,1H3,(H,13,15). The predicted molar refractivity (Wildman–Crippen MR) is 56.9 cm³/mol. The highest BCUT2D eigenvalue weighted by Gasteiger charge is 2.23. The van der Waals surface area contributed by atoms with E-state index < -0.39 is 0 Å². The molecule has 0 radical (unpaired) electrons. The van der Waals surface area contributed by atoms with Crippen LogP contribution in [-0.4, -0.2) is 17.7 Å². The van der Waals surface area contributed by atoms with Gasteiger partial charge in [-0.05, 0) is 31.9 Å². The van der Waals surface area contributed by atoms with Crippen molar-refractivity contribution in [2.75, 3.05) is 0 Å². The maximum atomic E-state index is 11.6. The van der Waals surface area contributed by atoms with Crippen LogP contribution < -0.4 is 5.32 Å². The van der Waals surface area contributed by atoms with Gasteiger partial charge >= 0.3 is 0 Å². The molecule has 1 N–H and O–H groups in total. The van der Waals surface area contributed by atoms with E-state index in [1.807, 2.05) is 0 Å². The van der Waals surface area contributed by atoms with Crippen LogP contribution >= 0.6 is 0 Å². The molecule has 0 heterocycles. The molecule has 1 aromatic carbocycles. The number of hydrogen-bond acceptors (Lipinski definition) is 2. The molecule has 0 unspecified atom stereocenters. The summed E-state index contributed by atoms with van der Waals surface area (Å²) in [5.74, 6) is -0.100. The van der Waals surface area contributed by atoms with Crippen molar-refractivity contribution in [2.45, 2.75) is 25.8 Å². The number of ketones is 1. The van der Waals surface area contributed by atoms with E-state index in [0.29, 0.717) is 17.2 Å². The van der Waals surface area contributed by atoms with Gasteiger partial charge in [-0.2, -0.15) is 0 Å². The van der Waals surface area contributed by atoms with E-state index in [-0.39, 0.29) is 11.7 Å². The van der Waals surface area contributed by atoms with Gasteiger partial charge in [-0.3, -0.25) is 9.59 Å². The molecule has 3 nitrogen and oxygen atoms in total. The molecule has 0 bridgehead atoms. The van der Waals surface area contributed by atoms with Crippen LogP contribution in [-0.2, 0) is 0 Å². The first kappa shape index (κ1) is 9.90. The molecule has 1 amide bonds. The van der Waals surface area contributed by atoms with E-state index in [9.17, 15) is 9.59 Å². The SMILES string of the molecule is CC(=O)c1cccc(C(=O)NC2CC2)c1. The number of hydrogen-bond donors (Lipinski definition) is 1. The van der Waals surface area contributed by atoms with Gasteiger partial charge in [0.05, 0.1) is 0 Å². The average Bonchev–Trinajstić information content (AvgIpc) is 3.02. The van der Waals surface area contributed by atoms with Gasteiger partial charge in [0.2, 0.25) is 0 Å². The van der Waals surface area contributed by atoms with Gasteiger partial charge in [-0.15, -0.1) is 0 Å². The third-order valence-electron chi connectivity index (χ3n) is 2.44. The molecule has 0 saturated heterocycles. The fourth-order valence-corrected chi connectivity index (χ4v) is 1.38.